The molecule has 0 saturated heterocycles. The number of aromatic amines is 1. The van der Waals surface area contributed by atoms with Gasteiger partial charge >= 0.3 is 23.9 Å². The minimum atomic E-state index is -0.536. The summed E-state index contributed by atoms with van der Waals surface area (Å²) in [5.74, 6) is 0.384. The molecule has 0 atom stereocenters. The predicted octanol–water partition coefficient (Wildman–Crippen LogP) is 12.1. The van der Waals surface area contributed by atoms with E-state index in [0.29, 0.717) is 90.8 Å². The van der Waals surface area contributed by atoms with Gasteiger partial charge in [-0.05, 0) is 103 Å². The molecule has 0 aliphatic rings. The van der Waals surface area contributed by atoms with Crippen LogP contribution in [0.15, 0.2) is 225 Å². The molecule has 2 aromatic heterocycles. The zero-order chi connectivity index (χ0) is 47.8. The second-order valence-electron chi connectivity index (χ2n) is 15.7. The van der Waals surface area contributed by atoms with Crippen molar-refractivity contribution in [3.63, 3.8) is 0 Å². The number of imidazole rings is 2. The highest BCUT2D eigenvalue weighted by Gasteiger charge is 2.26. The van der Waals surface area contributed by atoms with Crippen LogP contribution in [0, 0.1) is 0 Å². The van der Waals surface area contributed by atoms with Crippen LogP contribution >= 0.6 is 0 Å². The van der Waals surface area contributed by atoms with E-state index < -0.39 is 23.9 Å². The molecule has 12 nitrogen and oxygen atoms in total. The molecular weight excluding hydrogens is 881 g/mol. The molecule has 0 aliphatic carbocycles. The number of nitrogens with one attached hydrogen (secondary N) is 1. The fourth-order valence-corrected chi connectivity index (χ4v) is 7.55. The topological polar surface area (TPSA) is 152 Å². The Bertz CT molecular complexity index is 3450. The van der Waals surface area contributed by atoms with Crippen molar-refractivity contribution in [3.8, 4) is 74.1 Å². The lowest BCUT2D eigenvalue weighted by Gasteiger charge is -2.12. The molecule has 2 heterocycles. The smallest absolute Gasteiger partial charge is 0.343 e. The zero-order valence-corrected chi connectivity index (χ0v) is 37.0. The van der Waals surface area contributed by atoms with Gasteiger partial charge in [0.15, 0.2) is 0 Å². The second kappa shape index (κ2) is 19.9. The first-order chi connectivity index (χ1) is 34.3. The van der Waals surface area contributed by atoms with E-state index in [0.717, 1.165) is 5.56 Å². The molecule has 0 bridgehead atoms. The van der Waals surface area contributed by atoms with Crippen molar-refractivity contribution in [3.05, 3.63) is 247 Å². The highest BCUT2D eigenvalue weighted by molar-refractivity contribution is 5.95. The Labute approximate surface area is 401 Å². The number of aromatic nitrogens is 4. The lowest BCUT2D eigenvalue weighted by molar-refractivity contribution is 0.0725. The van der Waals surface area contributed by atoms with E-state index in [2.05, 4.69) is 4.98 Å². The van der Waals surface area contributed by atoms with Crippen LogP contribution < -0.4 is 18.9 Å². The van der Waals surface area contributed by atoms with Crippen LogP contribution in [0.3, 0.4) is 0 Å². The summed E-state index contributed by atoms with van der Waals surface area (Å²) in [6.45, 7) is 0. The first kappa shape index (κ1) is 43.9. The first-order valence-electron chi connectivity index (χ1n) is 22.0. The van der Waals surface area contributed by atoms with Gasteiger partial charge in [-0.1, -0.05) is 121 Å². The molecule has 1 N–H and O–H groups in total. The van der Waals surface area contributed by atoms with Gasteiger partial charge in [0.2, 0.25) is 5.95 Å². The molecule has 70 heavy (non-hydrogen) atoms. The van der Waals surface area contributed by atoms with Gasteiger partial charge in [-0.15, -0.1) is 0 Å². The van der Waals surface area contributed by atoms with Gasteiger partial charge in [-0.25, -0.2) is 29.1 Å². The molecule has 0 radical (unpaired) electrons. The minimum absolute atomic E-state index is 0.316. The van der Waals surface area contributed by atoms with E-state index in [4.69, 9.17) is 28.9 Å². The molecule has 0 spiro atoms. The summed E-state index contributed by atoms with van der Waals surface area (Å²) in [5.41, 5.74) is 5.68. The van der Waals surface area contributed by atoms with Gasteiger partial charge in [0.1, 0.15) is 28.8 Å². The van der Waals surface area contributed by atoms with E-state index in [1.54, 1.807) is 200 Å². The normalized spacial score (nSPS) is 10.8. The number of hydrogen-bond donors (Lipinski definition) is 1. The number of benzene rings is 8. The number of esters is 4. The summed E-state index contributed by atoms with van der Waals surface area (Å²) < 4.78 is 24.3. The number of rotatable bonds is 13. The summed E-state index contributed by atoms with van der Waals surface area (Å²) in [6.07, 6.45) is 1.68. The first-order valence-corrected chi connectivity index (χ1v) is 22.0. The number of para-hydroxylation sites is 4. The largest absolute Gasteiger partial charge is 0.423 e. The predicted molar refractivity (Wildman–Crippen MR) is 263 cm³/mol. The third-order valence-corrected chi connectivity index (χ3v) is 11.1. The number of carbonyl (C=O) groups is 4. The van der Waals surface area contributed by atoms with E-state index >= 15 is 0 Å². The summed E-state index contributed by atoms with van der Waals surface area (Å²) in [4.78, 5) is 66.5. The van der Waals surface area contributed by atoms with Crippen LogP contribution in [-0.4, -0.2) is 43.4 Å². The lowest BCUT2D eigenvalue weighted by atomic mass is 10.0. The Kier molecular flexibility index (Phi) is 12.5. The third-order valence-electron chi connectivity index (χ3n) is 11.1. The van der Waals surface area contributed by atoms with Crippen LogP contribution in [0.5, 0.6) is 23.0 Å². The Morgan fingerprint density at radius 3 is 1.07 bits per heavy atom. The molecule has 0 unspecified atom stereocenters. The van der Waals surface area contributed by atoms with E-state index in [1.165, 1.54) is 0 Å². The average Bonchev–Trinajstić information content (AvgIpc) is 4.06. The van der Waals surface area contributed by atoms with Crippen LogP contribution in [0.2, 0.25) is 0 Å². The Balaban J connectivity index is 1.07. The summed E-state index contributed by atoms with van der Waals surface area (Å²) in [6, 6.07) is 63.0. The van der Waals surface area contributed by atoms with Crippen molar-refractivity contribution in [2.45, 2.75) is 0 Å². The third kappa shape index (κ3) is 9.78. The highest BCUT2D eigenvalue weighted by atomic mass is 16.5. The van der Waals surface area contributed by atoms with Gasteiger partial charge < -0.3 is 23.9 Å². The summed E-state index contributed by atoms with van der Waals surface area (Å²) in [7, 11) is 0. The van der Waals surface area contributed by atoms with Crippen LogP contribution in [0.1, 0.15) is 41.4 Å². The molecule has 12 heteroatoms. The highest BCUT2D eigenvalue weighted by Crippen LogP contribution is 2.39. The number of carbonyl (C=O) groups excluding carboxylic acids is 4. The summed E-state index contributed by atoms with van der Waals surface area (Å²) >= 11 is 0. The molecule has 0 fully saturated rings. The van der Waals surface area contributed by atoms with Crippen molar-refractivity contribution in [1.29, 1.82) is 0 Å². The number of H-pyrrole nitrogens is 1. The standard InChI is InChI=1S/C58H38N4O8/c63-54(67-46-13-5-1-6-14-46)42-29-21-38(22-30-42)50-37-59-58(60-50)62-52(40-25-33-44(34-26-40)56(65)69-48-17-9-3-10-18-48)51(39-23-31-43(32-24-39)55(64)68-47-15-7-2-8-16-47)61-53(62)41-27-35-45(36-28-41)57(66)70-49-19-11-4-12-20-49/h1-37H,(H,59,60). The number of ether oxygens (including phenoxy) is 4. The van der Waals surface area contributed by atoms with Crippen LogP contribution in [-0.2, 0) is 0 Å². The fourth-order valence-electron chi connectivity index (χ4n) is 7.55. The van der Waals surface area contributed by atoms with E-state index in [9.17, 15) is 19.2 Å². The average molecular weight is 919 g/mol. The van der Waals surface area contributed by atoms with E-state index in [-0.39, 0.29) is 0 Å². The van der Waals surface area contributed by atoms with Crippen molar-refractivity contribution in [1.82, 2.24) is 19.5 Å². The molecule has 0 amide bonds. The quantitative estimate of drug-likeness (QED) is 0.0874. The van der Waals surface area contributed by atoms with Crippen molar-refractivity contribution in [2.75, 3.05) is 0 Å². The van der Waals surface area contributed by atoms with Gasteiger partial charge in [0.05, 0.1) is 45.5 Å². The number of nitrogens with zero attached hydrogens (tertiary/aromatic N) is 3. The molecular formula is C58H38N4O8. The monoisotopic (exact) mass is 918 g/mol. The molecule has 10 rings (SSSR count). The molecule has 0 aliphatic heterocycles. The van der Waals surface area contributed by atoms with Gasteiger partial charge in [0.25, 0.3) is 0 Å². The molecule has 0 saturated carbocycles. The Hall–Kier alpha value is -9.94. The summed E-state index contributed by atoms with van der Waals surface area (Å²) in [5, 5.41) is 0. The van der Waals surface area contributed by atoms with Crippen molar-refractivity contribution >= 4 is 23.9 Å². The second-order valence-corrected chi connectivity index (χ2v) is 15.7. The van der Waals surface area contributed by atoms with E-state index in [1.807, 2.05) is 28.8 Å². The molecule has 8 aromatic carbocycles. The molecule has 10 aromatic rings. The maximum absolute atomic E-state index is 13.3. The molecule has 338 valence electrons. The van der Waals surface area contributed by atoms with Crippen LogP contribution in [0.4, 0.5) is 0 Å². The Morgan fingerprint density at radius 2 is 0.700 bits per heavy atom. The zero-order valence-electron chi connectivity index (χ0n) is 37.0. The van der Waals surface area contributed by atoms with Crippen LogP contribution in [0.25, 0.3) is 51.1 Å². The SMILES string of the molecule is O=C(Oc1ccccc1)c1ccc(-c2cnc(-n3c(-c4ccc(C(=O)Oc5ccccc5)cc4)nc(-c4ccc(C(=O)Oc5ccccc5)cc4)c3-c3ccc(C(=O)Oc4ccccc4)cc3)[nH]2)cc1. The van der Waals surface area contributed by atoms with Gasteiger partial charge in [-0.2, -0.15) is 0 Å². The van der Waals surface area contributed by atoms with Crippen molar-refractivity contribution < 1.29 is 38.1 Å². The fraction of sp³-hybridized carbons (Fsp3) is 0. The van der Waals surface area contributed by atoms with Gasteiger partial charge in [-0.3, -0.25) is 4.57 Å². The Morgan fingerprint density at radius 1 is 0.371 bits per heavy atom. The maximum Gasteiger partial charge on any atom is 0.343 e. The minimum Gasteiger partial charge on any atom is -0.423 e. The maximum atomic E-state index is 13.3. The van der Waals surface area contributed by atoms with Crippen molar-refractivity contribution in [2.24, 2.45) is 0 Å². The van der Waals surface area contributed by atoms with Gasteiger partial charge in [0, 0.05) is 16.7 Å². The lowest BCUT2D eigenvalue weighted by Crippen LogP contribution is -2.09. The number of hydrogen-bond acceptors (Lipinski definition) is 10.